The van der Waals surface area contributed by atoms with E-state index in [1.807, 2.05) is 24.3 Å². The van der Waals surface area contributed by atoms with Gasteiger partial charge in [0.2, 0.25) is 5.95 Å². The second-order valence-electron chi connectivity index (χ2n) is 6.29. The third-order valence-electron chi connectivity index (χ3n) is 4.64. The third kappa shape index (κ3) is 3.01. The molecule has 1 fully saturated rings. The molecule has 0 unspecified atom stereocenters. The van der Waals surface area contributed by atoms with Crippen LogP contribution >= 0.6 is 0 Å². The van der Waals surface area contributed by atoms with Crippen LogP contribution in [0.5, 0.6) is 0 Å². The van der Waals surface area contributed by atoms with Crippen molar-refractivity contribution in [2.75, 3.05) is 18.2 Å². The topological polar surface area (TPSA) is 122 Å². The van der Waals surface area contributed by atoms with Crippen LogP contribution in [-0.2, 0) is 4.74 Å². The molecule has 2 aromatic heterocycles. The predicted molar refractivity (Wildman–Crippen MR) is 95.0 cm³/mol. The lowest BCUT2D eigenvalue weighted by atomic mass is 10.1. The lowest BCUT2D eigenvalue weighted by Crippen LogP contribution is -2.20. The number of nitrogens with two attached hydrogens (primary N) is 1. The number of aromatic nitrogens is 4. The molecule has 0 radical (unpaired) electrons. The number of aromatic amines is 1. The molecule has 0 aliphatic heterocycles. The Bertz CT molecular complexity index is 882. The standard InChI is InChI=1S/C17H20N6O2/c1-25-15-8-10(7-14(15)24)20-16-11-3-2-9(12-4-5-19-23-12)6-13(11)21-17(18)22-16/h2-6,10,14-15,24H,7-8H2,1H3,(H,19,23)(H3,18,20,21,22)/t10-,14+,15+/m0/s1. The first-order chi connectivity index (χ1) is 12.1. The first kappa shape index (κ1) is 15.8. The number of ether oxygens (including phenoxy) is 1. The highest BCUT2D eigenvalue weighted by atomic mass is 16.5. The van der Waals surface area contributed by atoms with Crippen LogP contribution in [0.4, 0.5) is 11.8 Å². The Kier molecular flexibility index (Phi) is 3.98. The smallest absolute Gasteiger partial charge is 0.222 e. The maximum atomic E-state index is 10.0. The summed E-state index contributed by atoms with van der Waals surface area (Å²) < 4.78 is 5.30. The Hall–Kier alpha value is -2.71. The Balaban J connectivity index is 1.67. The number of aliphatic hydroxyl groups is 1. The van der Waals surface area contributed by atoms with Crippen LogP contribution in [0, 0.1) is 0 Å². The van der Waals surface area contributed by atoms with Gasteiger partial charge in [0.1, 0.15) is 5.82 Å². The zero-order chi connectivity index (χ0) is 17.4. The van der Waals surface area contributed by atoms with Gasteiger partial charge in [-0.25, -0.2) is 4.98 Å². The van der Waals surface area contributed by atoms with Gasteiger partial charge in [0.15, 0.2) is 0 Å². The summed E-state index contributed by atoms with van der Waals surface area (Å²) >= 11 is 0. The summed E-state index contributed by atoms with van der Waals surface area (Å²) in [5.41, 5.74) is 8.53. The second-order valence-corrected chi connectivity index (χ2v) is 6.29. The van der Waals surface area contributed by atoms with E-state index < -0.39 is 6.10 Å². The Morgan fingerprint density at radius 3 is 2.88 bits per heavy atom. The van der Waals surface area contributed by atoms with Crippen LogP contribution in [0.3, 0.4) is 0 Å². The molecule has 8 nitrogen and oxygen atoms in total. The highest BCUT2D eigenvalue weighted by Gasteiger charge is 2.33. The van der Waals surface area contributed by atoms with E-state index in [1.54, 1.807) is 13.3 Å². The molecule has 1 aromatic carbocycles. The maximum Gasteiger partial charge on any atom is 0.222 e. The van der Waals surface area contributed by atoms with Crippen LogP contribution in [-0.4, -0.2) is 50.6 Å². The fraction of sp³-hybridized carbons (Fsp3) is 0.353. The van der Waals surface area contributed by atoms with Crippen molar-refractivity contribution in [2.45, 2.75) is 31.1 Å². The quantitative estimate of drug-likeness (QED) is 0.568. The predicted octanol–water partition coefficient (Wildman–Crippen LogP) is 1.55. The van der Waals surface area contributed by atoms with Gasteiger partial charge in [-0.05, 0) is 31.0 Å². The van der Waals surface area contributed by atoms with Gasteiger partial charge in [-0.3, -0.25) is 5.10 Å². The molecule has 1 aliphatic rings. The number of H-pyrrole nitrogens is 1. The summed E-state index contributed by atoms with van der Waals surface area (Å²) in [7, 11) is 1.62. The van der Waals surface area contributed by atoms with Gasteiger partial charge in [-0.1, -0.05) is 6.07 Å². The minimum Gasteiger partial charge on any atom is -0.390 e. The van der Waals surface area contributed by atoms with Crippen LogP contribution in [0.25, 0.3) is 22.2 Å². The van der Waals surface area contributed by atoms with Crippen molar-refractivity contribution in [3.05, 3.63) is 30.5 Å². The van der Waals surface area contributed by atoms with E-state index in [4.69, 9.17) is 10.5 Å². The zero-order valence-corrected chi connectivity index (χ0v) is 13.8. The number of hydrogen-bond donors (Lipinski definition) is 4. The van der Waals surface area contributed by atoms with Gasteiger partial charge in [0, 0.05) is 30.3 Å². The normalized spacial score (nSPS) is 23.2. The number of fused-ring (bicyclic) bond motifs is 1. The maximum absolute atomic E-state index is 10.0. The molecule has 0 amide bonds. The number of nitrogens with one attached hydrogen (secondary N) is 2. The molecule has 130 valence electrons. The highest BCUT2D eigenvalue weighted by molar-refractivity contribution is 5.92. The molecule has 1 aliphatic carbocycles. The zero-order valence-electron chi connectivity index (χ0n) is 13.8. The van der Waals surface area contributed by atoms with Gasteiger partial charge < -0.3 is 20.9 Å². The summed E-state index contributed by atoms with van der Waals surface area (Å²) in [4.78, 5) is 8.69. The number of nitrogen functional groups attached to an aromatic ring is 1. The van der Waals surface area contributed by atoms with Crippen LogP contribution in [0.15, 0.2) is 30.5 Å². The molecule has 25 heavy (non-hydrogen) atoms. The van der Waals surface area contributed by atoms with E-state index in [0.29, 0.717) is 12.2 Å². The molecule has 3 atom stereocenters. The Morgan fingerprint density at radius 1 is 1.28 bits per heavy atom. The van der Waals surface area contributed by atoms with Crippen molar-refractivity contribution in [1.29, 1.82) is 0 Å². The molecule has 3 aromatic rings. The van der Waals surface area contributed by atoms with Crippen LogP contribution in [0.1, 0.15) is 12.8 Å². The van der Waals surface area contributed by atoms with E-state index in [1.165, 1.54) is 0 Å². The van der Waals surface area contributed by atoms with E-state index in [-0.39, 0.29) is 18.1 Å². The molecule has 8 heteroatoms. The lowest BCUT2D eigenvalue weighted by molar-refractivity contribution is 0.00982. The molecule has 0 bridgehead atoms. The van der Waals surface area contributed by atoms with Crippen molar-refractivity contribution < 1.29 is 9.84 Å². The number of benzene rings is 1. The molecular formula is C17H20N6O2. The summed E-state index contributed by atoms with van der Waals surface area (Å²) in [5, 5.41) is 21.2. The van der Waals surface area contributed by atoms with E-state index in [9.17, 15) is 5.11 Å². The van der Waals surface area contributed by atoms with Crippen molar-refractivity contribution >= 4 is 22.7 Å². The molecule has 1 saturated carbocycles. The summed E-state index contributed by atoms with van der Waals surface area (Å²) in [5.74, 6) is 0.881. The largest absolute Gasteiger partial charge is 0.390 e. The van der Waals surface area contributed by atoms with Gasteiger partial charge >= 0.3 is 0 Å². The molecular weight excluding hydrogens is 320 g/mol. The number of aliphatic hydroxyl groups excluding tert-OH is 1. The minimum absolute atomic E-state index is 0.0738. The first-order valence-electron chi connectivity index (χ1n) is 8.18. The van der Waals surface area contributed by atoms with E-state index in [0.717, 1.165) is 28.6 Å². The Labute approximate surface area is 144 Å². The van der Waals surface area contributed by atoms with Crippen LogP contribution in [0.2, 0.25) is 0 Å². The average Bonchev–Trinajstić information content (AvgIpc) is 3.23. The number of nitrogens with zero attached hydrogens (tertiary/aromatic N) is 3. The Morgan fingerprint density at radius 2 is 2.16 bits per heavy atom. The number of rotatable bonds is 4. The van der Waals surface area contributed by atoms with Gasteiger partial charge in [0.25, 0.3) is 0 Å². The van der Waals surface area contributed by atoms with Crippen molar-refractivity contribution in [3.63, 3.8) is 0 Å². The SMILES string of the molecule is CO[C@@H]1C[C@@H](Nc2nc(N)nc3cc(-c4ccn[nH]4)ccc23)C[C@H]1O. The number of methoxy groups -OCH3 is 1. The molecule has 4 rings (SSSR count). The number of hydrogen-bond acceptors (Lipinski definition) is 7. The summed E-state index contributed by atoms with van der Waals surface area (Å²) in [6, 6.07) is 7.88. The van der Waals surface area contributed by atoms with E-state index >= 15 is 0 Å². The molecule has 0 saturated heterocycles. The molecule has 5 N–H and O–H groups in total. The van der Waals surface area contributed by atoms with Crippen LogP contribution < -0.4 is 11.1 Å². The summed E-state index contributed by atoms with van der Waals surface area (Å²) in [6.45, 7) is 0. The van der Waals surface area contributed by atoms with Gasteiger partial charge in [0.05, 0.1) is 23.4 Å². The molecule has 0 spiro atoms. The van der Waals surface area contributed by atoms with Crippen molar-refractivity contribution in [2.24, 2.45) is 0 Å². The fourth-order valence-corrected chi connectivity index (χ4v) is 3.38. The third-order valence-corrected chi connectivity index (χ3v) is 4.64. The monoisotopic (exact) mass is 340 g/mol. The lowest BCUT2D eigenvalue weighted by Gasteiger charge is -2.15. The van der Waals surface area contributed by atoms with Crippen molar-refractivity contribution in [3.8, 4) is 11.3 Å². The first-order valence-corrected chi connectivity index (χ1v) is 8.18. The van der Waals surface area contributed by atoms with Crippen molar-refractivity contribution in [1.82, 2.24) is 20.2 Å². The highest BCUT2D eigenvalue weighted by Crippen LogP contribution is 2.30. The van der Waals surface area contributed by atoms with Gasteiger partial charge in [-0.2, -0.15) is 10.1 Å². The molecule has 2 heterocycles. The van der Waals surface area contributed by atoms with E-state index in [2.05, 4.69) is 25.5 Å². The fourth-order valence-electron chi connectivity index (χ4n) is 3.38. The number of anilines is 2. The second kappa shape index (κ2) is 6.30. The van der Waals surface area contributed by atoms with Gasteiger partial charge in [-0.15, -0.1) is 0 Å². The average molecular weight is 340 g/mol. The minimum atomic E-state index is -0.472. The summed E-state index contributed by atoms with van der Waals surface area (Å²) in [6.07, 6.45) is 2.40.